The maximum absolute atomic E-state index is 12.0. The first-order valence-corrected chi connectivity index (χ1v) is 7.45. The van der Waals surface area contributed by atoms with Crippen molar-refractivity contribution in [1.82, 2.24) is 9.80 Å². The van der Waals surface area contributed by atoms with Crippen LogP contribution in [0.5, 0.6) is 0 Å². The van der Waals surface area contributed by atoms with E-state index < -0.39 is 0 Å². The summed E-state index contributed by atoms with van der Waals surface area (Å²) in [5, 5.41) is 0. The summed E-state index contributed by atoms with van der Waals surface area (Å²) in [6, 6.07) is 0.894. The molecular weight excluding hydrogens is 242 g/mol. The lowest BCUT2D eigenvalue weighted by Crippen LogP contribution is -2.46. The van der Waals surface area contributed by atoms with E-state index in [9.17, 15) is 4.79 Å². The number of piperidine rings is 1. The highest BCUT2D eigenvalue weighted by molar-refractivity contribution is 5.77. The number of amides is 1. The van der Waals surface area contributed by atoms with Crippen molar-refractivity contribution in [3.63, 3.8) is 0 Å². The minimum Gasteiger partial charge on any atom is -0.369 e. The van der Waals surface area contributed by atoms with Gasteiger partial charge in [-0.25, -0.2) is 0 Å². The monoisotopic (exact) mass is 269 g/mol. The zero-order chi connectivity index (χ0) is 13.8. The first-order chi connectivity index (χ1) is 9.06. The molecule has 2 heterocycles. The smallest absolute Gasteiger partial charge is 0.248 e. The SMILES string of the molecule is CC(C)OCC(=O)N1CCC(N2CCC(N)CC2)C1. The molecule has 2 N–H and O–H groups in total. The van der Waals surface area contributed by atoms with E-state index in [0.717, 1.165) is 45.4 Å². The van der Waals surface area contributed by atoms with Crippen LogP contribution in [0.2, 0.25) is 0 Å². The lowest BCUT2D eigenvalue weighted by atomic mass is 10.0. The molecule has 19 heavy (non-hydrogen) atoms. The average molecular weight is 269 g/mol. The summed E-state index contributed by atoms with van der Waals surface area (Å²) >= 11 is 0. The van der Waals surface area contributed by atoms with Crippen LogP contribution in [0.25, 0.3) is 0 Å². The number of carbonyl (C=O) groups excluding carboxylic acids is 1. The summed E-state index contributed by atoms with van der Waals surface area (Å²) in [5.74, 6) is 0.130. The molecule has 2 rings (SSSR count). The van der Waals surface area contributed by atoms with Gasteiger partial charge < -0.3 is 15.4 Å². The van der Waals surface area contributed by atoms with E-state index in [1.165, 1.54) is 0 Å². The van der Waals surface area contributed by atoms with Crippen LogP contribution in [0.4, 0.5) is 0 Å². The fourth-order valence-corrected chi connectivity index (χ4v) is 2.88. The van der Waals surface area contributed by atoms with Crippen LogP contribution in [-0.2, 0) is 9.53 Å². The molecule has 2 aliphatic heterocycles. The molecule has 1 unspecified atom stereocenters. The van der Waals surface area contributed by atoms with Crippen molar-refractivity contribution in [3.05, 3.63) is 0 Å². The summed E-state index contributed by atoms with van der Waals surface area (Å²) in [5.41, 5.74) is 5.93. The highest BCUT2D eigenvalue weighted by atomic mass is 16.5. The van der Waals surface area contributed by atoms with Gasteiger partial charge in [-0.2, -0.15) is 0 Å². The number of carbonyl (C=O) groups is 1. The Morgan fingerprint density at radius 1 is 1.26 bits per heavy atom. The van der Waals surface area contributed by atoms with Crippen molar-refractivity contribution in [2.24, 2.45) is 5.73 Å². The Morgan fingerprint density at radius 2 is 1.95 bits per heavy atom. The quantitative estimate of drug-likeness (QED) is 0.804. The van der Waals surface area contributed by atoms with Gasteiger partial charge in [-0.05, 0) is 46.2 Å². The predicted molar refractivity (Wildman–Crippen MR) is 74.9 cm³/mol. The molecule has 0 aromatic carbocycles. The zero-order valence-corrected chi connectivity index (χ0v) is 12.2. The van der Waals surface area contributed by atoms with Gasteiger partial charge in [0.05, 0.1) is 6.10 Å². The Balaban J connectivity index is 1.75. The number of nitrogens with zero attached hydrogens (tertiary/aromatic N) is 2. The fourth-order valence-electron chi connectivity index (χ4n) is 2.88. The number of rotatable bonds is 4. The largest absolute Gasteiger partial charge is 0.369 e. The summed E-state index contributed by atoms with van der Waals surface area (Å²) < 4.78 is 5.39. The van der Waals surface area contributed by atoms with Crippen molar-refractivity contribution >= 4 is 5.91 Å². The third kappa shape index (κ3) is 4.16. The first-order valence-electron chi connectivity index (χ1n) is 7.45. The third-order valence-electron chi connectivity index (χ3n) is 4.15. The second kappa shape index (κ2) is 6.68. The Labute approximate surface area is 116 Å². The summed E-state index contributed by atoms with van der Waals surface area (Å²) in [7, 11) is 0. The van der Waals surface area contributed by atoms with Gasteiger partial charge in [-0.3, -0.25) is 9.69 Å². The van der Waals surface area contributed by atoms with E-state index in [1.54, 1.807) is 0 Å². The summed E-state index contributed by atoms with van der Waals surface area (Å²) in [6.45, 7) is 8.01. The molecule has 0 spiro atoms. The second-order valence-corrected chi connectivity index (χ2v) is 6.02. The van der Waals surface area contributed by atoms with Gasteiger partial charge in [0.25, 0.3) is 0 Å². The van der Waals surface area contributed by atoms with Crippen LogP contribution in [0.15, 0.2) is 0 Å². The third-order valence-corrected chi connectivity index (χ3v) is 4.15. The van der Waals surface area contributed by atoms with Gasteiger partial charge in [0, 0.05) is 25.2 Å². The standard InChI is InChI=1S/C14H27N3O2/c1-11(2)19-10-14(18)17-8-5-13(9-17)16-6-3-12(15)4-7-16/h11-13H,3-10,15H2,1-2H3. The van der Waals surface area contributed by atoms with Gasteiger partial charge in [0.2, 0.25) is 5.91 Å². The average Bonchev–Trinajstić information content (AvgIpc) is 2.86. The molecule has 0 bridgehead atoms. The molecule has 2 aliphatic rings. The first kappa shape index (κ1) is 14.8. The van der Waals surface area contributed by atoms with Crippen LogP contribution in [-0.4, -0.2) is 66.7 Å². The van der Waals surface area contributed by atoms with Gasteiger partial charge in [-0.1, -0.05) is 0 Å². The van der Waals surface area contributed by atoms with Crippen molar-refractivity contribution in [2.75, 3.05) is 32.8 Å². The Kier molecular flexibility index (Phi) is 5.19. The maximum atomic E-state index is 12.0. The number of nitrogens with two attached hydrogens (primary N) is 1. The van der Waals surface area contributed by atoms with E-state index in [4.69, 9.17) is 10.5 Å². The molecule has 0 saturated carbocycles. The normalized spacial score (nSPS) is 26.3. The van der Waals surface area contributed by atoms with Crippen LogP contribution >= 0.6 is 0 Å². The molecule has 0 aromatic heterocycles. The Bertz CT molecular complexity index is 301. The molecule has 2 saturated heterocycles. The highest BCUT2D eigenvalue weighted by Gasteiger charge is 2.31. The molecule has 2 fully saturated rings. The lowest BCUT2D eigenvalue weighted by molar-refractivity contribution is -0.136. The van der Waals surface area contributed by atoms with Crippen LogP contribution < -0.4 is 5.73 Å². The van der Waals surface area contributed by atoms with Gasteiger partial charge in [-0.15, -0.1) is 0 Å². The van der Waals surface area contributed by atoms with Crippen LogP contribution in [0.3, 0.4) is 0 Å². The summed E-state index contributed by atoms with van der Waals surface area (Å²) in [4.78, 5) is 16.4. The van der Waals surface area contributed by atoms with Crippen molar-refractivity contribution in [1.29, 1.82) is 0 Å². The molecule has 0 radical (unpaired) electrons. The van der Waals surface area contributed by atoms with Crippen molar-refractivity contribution < 1.29 is 9.53 Å². The molecule has 0 aromatic rings. The minimum atomic E-state index is 0.117. The van der Waals surface area contributed by atoms with Crippen LogP contribution in [0, 0.1) is 0 Å². The number of hydrogen-bond acceptors (Lipinski definition) is 4. The lowest BCUT2D eigenvalue weighted by Gasteiger charge is -2.34. The van der Waals surface area contributed by atoms with Gasteiger partial charge in [0.15, 0.2) is 0 Å². The van der Waals surface area contributed by atoms with E-state index in [1.807, 2.05) is 18.7 Å². The molecule has 5 nitrogen and oxygen atoms in total. The molecule has 1 atom stereocenters. The molecule has 1 amide bonds. The Hall–Kier alpha value is -0.650. The molecule has 0 aliphatic carbocycles. The molecule has 5 heteroatoms. The highest BCUT2D eigenvalue weighted by Crippen LogP contribution is 2.20. The predicted octanol–water partition coefficient (Wildman–Crippen LogP) is 0.435. The Morgan fingerprint density at radius 3 is 2.58 bits per heavy atom. The van der Waals surface area contributed by atoms with E-state index >= 15 is 0 Å². The van der Waals surface area contributed by atoms with Crippen LogP contribution in [0.1, 0.15) is 33.1 Å². The van der Waals surface area contributed by atoms with Crippen molar-refractivity contribution in [3.8, 4) is 0 Å². The maximum Gasteiger partial charge on any atom is 0.248 e. The van der Waals surface area contributed by atoms with E-state index in [-0.39, 0.29) is 18.6 Å². The van der Waals surface area contributed by atoms with Gasteiger partial charge in [0.1, 0.15) is 6.61 Å². The van der Waals surface area contributed by atoms with Crippen molar-refractivity contribution in [2.45, 2.75) is 51.3 Å². The minimum absolute atomic E-state index is 0.117. The number of likely N-dealkylation sites (tertiary alicyclic amines) is 2. The zero-order valence-electron chi connectivity index (χ0n) is 12.2. The number of hydrogen-bond donors (Lipinski definition) is 1. The molecular formula is C14H27N3O2. The van der Waals surface area contributed by atoms with E-state index in [2.05, 4.69) is 4.90 Å². The topological polar surface area (TPSA) is 58.8 Å². The fraction of sp³-hybridized carbons (Fsp3) is 0.929. The van der Waals surface area contributed by atoms with Gasteiger partial charge >= 0.3 is 0 Å². The van der Waals surface area contributed by atoms with E-state index in [0.29, 0.717) is 12.1 Å². The summed E-state index contributed by atoms with van der Waals surface area (Å²) in [6.07, 6.45) is 3.37. The number of ether oxygens (including phenoxy) is 1. The second-order valence-electron chi connectivity index (χ2n) is 6.02. The molecule has 110 valence electrons.